The molecule has 0 amide bonds. The fourth-order valence-corrected chi connectivity index (χ4v) is 0.560. The van der Waals surface area contributed by atoms with Gasteiger partial charge in [0.05, 0.1) is 13.2 Å². The van der Waals surface area contributed by atoms with Crippen molar-refractivity contribution in [1.29, 1.82) is 0 Å². The Bertz CT molecular complexity index is 125. The van der Waals surface area contributed by atoms with Gasteiger partial charge in [-0.15, -0.1) is 0 Å². The molecular weight excluding hydrogens is 168 g/mol. The lowest BCUT2D eigenvalue weighted by molar-refractivity contribution is 0.223. The Balaban J connectivity index is 3.13. The van der Waals surface area contributed by atoms with Crippen molar-refractivity contribution in [2.45, 2.75) is 26.7 Å². The molecule has 13 heavy (non-hydrogen) atoms. The minimum atomic E-state index is 0.718. The van der Waals surface area contributed by atoms with Crippen LogP contribution in [0.3, 0.4) is 0 Å². The number of hydrogen-bond donors (Lipinski definition) is 0. The molecule has 0 N–H and O–H groups in total. The Morgan fingerprint density at radius 1 is 0.769 bits per heavy atom. The maximum Gasteiger partial charge on any atom is 0.125 e. The van der Waals surface area contributed by atoms with Crippen LogP contribution in [0.1, 0.15) is 26.7 Å². The Kier molecular flexibility index (Phi) is 9.94. The first-order valence-corrected chi connectivity index (χ1v) is 4.60. The van der Waals surface area contributed by atoms with Crippen molar-refractivity contribution in [3.05, 3.63) is 25.0 Å². The molecule has 0 aliphatic carbocycles. The molecule has 0 aliphatic rings. The lowest BCUT2D eigenvalue weighted by atomic mass is 10.5. The average molecular weight is 186 g/mol. The highest BCUT2D eigenvalue weighted by Gasteiger charge is 1.76. The Hall–Kier alpha value is -1.12. The van der Waals surface area contributed by atoms with E-state index in [0.717, 1.165) is 26.1 Å². The van der Waals surface area contributed by atoms with Crippen molar-refractivity contribution in [3.8, 4) is 0 Å². The van der Waals surface area contributed by atoms with Crippen molar-refractivity contribution in [2.24, 2.45) is 0 Å². The normalized spacial score (nSPS) is 10.9. The summed E-state index contributed by atoms with van der Waals surface area (Å²) in [6.45, 7) is 5.53. The van der Waals surface area contributed by atoms with E-state index in [-0.39, 0.29) is 0 Å². The number of hydrogen-bond acceptors (Lipinski definition) is 3. The molecule has 0 aliphatic heterocycles. The van der Waals surface area contributed by atoms with Gasteiger partial charge >= 0.3 is 0 Å². The maximum absolute atomic E-state index is 5.03. The van der Waals surface area contributed by atoms with Crippen LogP contribution >= 0.6 is 0 Å². The number of ether oxygens (including phenoxy) is 3. The quantitative estimate of drug-likeness (QED) is 0.431. The van der Waals surface area contributed by atoms with E-state index in [4.69, 9.17) is 14.2 Å². The van der Waals surface area contributed by atoms with E-state index in [9.17, 15) is 0 Å². The van der Waals surface area contributed by atoms with Crippen molar-refractivity contribution in [1.82, 2.24) is 0 Å². The zero-order valence-electron chi connectivity index (χ0n) is 8.36. The van der Waals surface area contributed by atoms with E-state index in [1.165, 1.54) is 25.0 Å². The smallest absolute Gasteiger partial charge is 0.125 e. The molecule has 0 rings (SSSR count). The first kappa shape index (κ1) is 11.9. The van der Waals surface area contributed by atoms with E-state index in [2.05, 4.69) is 0 Å². The topological polar surface area (TPSA) is 27.7 Å². The van der Waals surface area contributed by atoms with Crippen molar-refractivity contribution >= 4 is 0 Å². The van der Waals surface area contributed by atoms with Gasteiger partial charge < -0.3 is 14.2 Å². The molecule has 0 heterocycles. The van der Waals surface area contributed by atoms with E-state index < -0.39 is 0 Å². The Labute approximate surface area is 80.0 Å². The molecule has 0 aromatic heterocycles. The van der Waals surface area contributed by atoms with Gasteiger partial charge in [0.1, 0.15) is 25.0 Å². The van der Waals surface area contributed by atoms with Gasteiger partial charge in [-0.1, -0.05) is 13.8 Å². The molecule has 76 valence electrons. The predicted octanol–water partition coefficient (Wildman–Crippen LogP) is 2.80. The van der Waals surface area contributed by atoms with Crippen LogP contribution in [0.25, 0.3) is 0 Å². The summed E-state index contributed by atoms with van der Waals surface area (Å²) in [7, 11) is 0. The molecule has 0 radical (unpaired) electrons. The van der Waals surface area contributed by atoms with Gasteiger partial charge in [-0.3, -0.25) is 0 Å². The molecule has 3 heteroatoms. The fourth-order valence-electron chi connectivity index (χ4n) is 0.560. The van der Waals surface area contributed by atoms with E-state index >= 15 is 0 Å². The lowest BCUT2D eigenvalue weighted by Crippen LogP contribution is -1.83. The van der Waals surface area contributed by atoms with Crippen LogP contribution in [-0.2, 0) is 14.2 Å². The first-order chi connectivity index (χ1) is 6.41. The SMILES string of the molecule is CCCOC=COC=COCCC. The first-order valence-electron chi connectivity index (χ1n) is 4.60. The summed E-state index contributed by atoms with van der Waals surface area (Å²) in [6, 6.07) is 0. The maximum atomic E-state index is 5.03. The van der Waals surface area contributed by atoms with Crippen LogP contribution < -0.4 is 0 Å². The standard InChI is InChI=1S/C10H18O3/c1-3-5-11-7-9-13-10-8-12-6-4-2/h7-10H,3-6H2,1-2H3. The Morgan fingerprint density at radius 2 is 1.23 bits per heavy atom. The summed E-state index contributed by atoms with van der Waals surface area (Å²) >= 11 is 0. The minimum Gasteiger partial charge on any atom is -0.498 e. The Morgan fingerprint density at radius 3 is 1.62 bits per heavy atom. The molecule has 0 spiro atoms. The van der Waals surface area contributed by atoms with Crippen LogP contribution in [0.4, 0.5) is 0 Å². The summed E-state index contributed by atoms with van der Waals surface area (Å²) in [5, 5.41) is 0. The van der Waals surface area contributed by atoms with Crippen molar-refractivity contribution in [2.75, 3.05) is 13.2 Å². The third-order valence-electron chi connectivity index (χ3n) is 1.10. The van der Waals surface area contributed by atoms with Gasteiger partial charge in [0, 0.05) is 0 Å². The van der Waals surface area contributed by atoms with Crippen LogP contribution in [0, 0.1) is 0 Å². The molecule has 3 nitrogen and oxygen atoms in total. The zero-order valence-corrected chi connectivity index (χ0v) is 8.36. The van der Waals surface area contributed by atoms with Crippen LogP contribution in [0.5, 0.6) is 0 Å². The third-order valence-corrected chi connectivity index (χ3v) is 1.10. The molecule has 0 saturated carbocycles. The highest BCUT2D eigenvalue weighted by molar-refractivity contribution is 4.69. The molecule has 0 aromatic carbocycles. The van der Waals surface area contributed by atoms with E-state index in [0.29, 0.717) is 0 Å². The van der Waals surface area contributed by atoms with E-state index in [1.807, 2.05) is 13.8 Å². The second-order valence-corrected chi connectivity index (χ2v) is 2.42. The van der Waals surface area contributed by atoms with Gasteiger partial charge in [0.25, 0.3) is 0 Å². The van der Waals surface area contributed by atoms with Crippen LogP contribution in [0.2, 0.25) is 0 Å². The summed E-state index contributed by atoms with van der Waals surface area (Å²) in [5.74, 6) is 0. The van der Waals surface area contributed by atoms with Crippen LogP contribution in [0.15, 0.2) is 25.0 Å². The summed E-state index contributed by atoms with van der Waals surface area (Å²) < 4.78 is 15.0. The summed E-state index contributed by atoms with van der Waals surface area (Å²) in [6.07, 6.45) is 7.99. The zero-order chi connectivity index (χ0) is 9.78. The van der Waals surface area contributed by atoms with Crippen molar-refractivity contribution in [3.63, 3.8) is 0 Å². The van der Waals surface area contributed by atoms with Crippen LogP contribution in [-0.4, -0.2) is 13.2 Å². The summed E-state index contributed by atoms with van der Waals surface area (Å²) in [5.41, 5.74) is 0. The van der Waals surface area contributed by atoms with Gasteiger partial charge in [-0.2, -0.15) is 0 Å². The van der Waals surface area contributed by atoms with Crippen molar-refractivity contribution < 1.29 is 14.2 Å². The highest BCUT2D eigenvalue weighted by Crippen LogP contribution is 1.86. The fraction of sp³-hybridized carbons (Fsp3) is 0.600. The minimum absolute atomic E-state index is 0.718. The van der Waals surface area contributed by atoms with Gasteiger partial charge in [0.15, 0.2) is 0 Å². The van der Waals surface area contributed by atoms with Gasteiger partial charge in [0.2, 0.25) is 0 Å². The molecule has 0 unspecified atom stereocenters. The summed E-state index contributed by atoms with van der Waals surface area (Å²) in [4.78, 5) is 0. The van der Waals surface area contributed by atoms with Gasteiger partial charge in [-0.25, -0.2) is 0 Å². The number of rotatable bonds is 8. The third kappa shape index (κ3) is 10.9. The largest absolute Gasteiger partial charge is 0.498 e. The molecule has 0 bridgehead atoms. The average Bonchev–Trinajstić information content (AvgIpc) is 2.16. The lowest BCUT2D eigenvalue weighted by Gasteiger charge is -1.96. The predicted molar refractivity (Wildman–Crippen MR) is 51.9 cm³/mol. The van der Waals surface area contributed by atoms with E-state index in [1.54, 1.807) is 0 Å². The molecule has 0 aromatic rings. The molecular formula is C10H18O3. The molecule has 0 saturated heterocycles. The monoisotopic (exact) mass is 186 g/mol. The molecule has 0 fully saturated rings. The van der Waals surface area contributed by atoms with Gasteiger partial charge in [-0.05, 0) is 12.8 Å². The second-order valence-electron chi connectivity index (χ2n) is 2.42. The highest BCUT2D eigenvalue weighted by atomic mass is 16.5. The molecule has 0 atom stereocenters. The second kappa shape index (κ2) is 10.9.